The predicted octanol–water partition coefficient (Wildman–Crippen LogP) is 2.12. The van der Waals surface area contributed by atoms with Crippen molar-refractivity contribution in [2.75, 3.05) is 0 Å². The van der Waals surface area contributed by atoms with Crippen molar-refractivity contribution in [2.45, 2.75) is 6.42 Å². The Balaban J connectivity index is 3.36. The van der Waals surface area contributed by atoms with Crippen LogP contribution in [0.25, 0.3) is 0 Å². The first-order valence-corrected chi connectivity index (χ1v) is 2.52. The van der Waals surface area contributed by atoms with E-state index in [4.69, 9.17) is 0 Å². The van der Waals surface area contributed by atoms with E-state index >= 15 is 0 Å². The standard InChI is InChI=1S/C6H8S/c1-3-4-6(2)5-7/h3,5H,1-2,4H2. The average Bonchev–Trinajstić information content (AvgIpc) is 1.68. The van der Waals surface area contributed by atoms with Gasteiger partial charge in [0.25, 0.3) is 0 Å². The predicted molar refractivity (Wildman–Crippen MR) is 37.6 cm³/mol. The number of thiocarbonyl (C=S) groups is 1. The summed E-state index contributed by atoms with van der Waals surface area (Å²) in [6, 6.07) is 0. The molecule has 1 heteroatoms. The summed E-state index contributed by atoms with van der Waals surface area (Å²) in [4.78, 5) is 0. The summed E-state index contributed by atoms with van der Waals surface area (Å²) in [7, 11) is 0. The van der Waals surface area contributed by atoms with Crippen molar-refractivity contribution in [2.24, 2.45) is 0 Å². The maximum Gasteiger partial charge on any atom is 0.00428 e. The highest BCUT2D eigenvalue weighted by Crippen LogP contribution is 1.92. The lowest BCUT2D eigenvalue weighted by Gasteiger charge is -1.84. The van der Waals surface area contributed by atoms with Crippen LogP contribution in [-0.4, -0.2) is 5.37 Å². The van der Waals surface area contributed by atoms with Crippen LogP contribution in [-0.2, 0) is 0 Å². The molecule has 0 atom stereocenters. The zero-order chi connectivity index (χ0) is 5.70. The fourth-order valence-corrected chi connectivity index (χ4v) is 0.330. The van der Waals surface area contributed by atoms with Crippen LogP contribution >= 0.6 is 12.2 Å². The topological polar surface area (TPSA) is 0 Å². The van der Waals surface area contributed by atoms with E-state index in [9.17, 15) is 0 Å². The van der Waals surface area contributed by atoms with Crippen LogP contribution in [0, 0.1) is 0 Å². The monoisotopic (exact) mass is 112 g/mol. The lowest BCUT2D eigenvalue weighted by atomic mass is 10.2. The normalized spacial score (nSPS) is 7.43. The van der Waals surface area contributed by atoms with Crippen LogP contribution in [0.4, 0.5) is 0 Å². The van der Waals surface area contributed by atoms with Crippen molar-refractivity contribution in [1.82, 2.24) is 0 Å². The summed E-state index contributed by atoms with van der Waals surface area (Å²) < 4.78 is 0. The van der Waals surface area contributed by atoms with Crippen molar-refractivity contribution in [3.8, 4) is 0 Å². The average molecular weight is 112 g/mol. The van der Waals surface area contributed by atoms with Crippen molar-refractivity contribution in [3.63, 3.8) is 0 Å². The second-order valence-corrected chi connectivity index (χ2v) is 1.50. The molecule has 0 rings (SSSR count). The van der Waals surface area contributed by atoms with Crippen molar-refractivity contribution >= 4 is 17.6 Å². The molecule has 0 heterocycles. The summed E-state index contributed by atoms with van der Waals surface area (Å²) in [5, 5.41) is 1.57. The van der Waals surface area contributed by atoms with E-state index in [1.165, 1.54) is 0 Å². The van der Waals surface area contributed by atoms with Crippen LogP contribution in [0.15, 0.2) is 24.8 Å². The Morgan fingerprint density at radius 1 is 1.71 bits per heavy atom. The highest BCUT2D eigenvalue weighted by atomic mass is 32.1. The third-order valence-corrected chi connectivity index (χ3v) is 0.907. The molecular formula is C6H8S. The molecule has 0 aromatic carbocycles. The van der Waals surface area contributed by atoms with Gasteiger partial charge in [-0.05, 0) is 12.0 Å². The maximum atomic E-state index is 4.57. The van der Waals surface area contributed by atoms with E-state index in [1.807, 2.05) is 0 Å². The van der Waals surface area contributed by atoms with Gasteiger partial charge in [-0.25, -0.2) is 0 Å². The molecule has 0 unspecified atom stereocenters. The van der Waals surface area contributed by atoms with E-state index in [1.54, 1.807) is 11.4 Å². The van der Waals surface area contributed by atoms with Gasteiger partial charge in [-0.1, -0.05) is 24.9 Å². The molecule has 38 valence electrons. The maximum absolute atomic E-state index is 4.57. The van der Waals surface area contributed by atoms with Crippen LogP contribution in [0.3, 0.4) is 0 Å². The van der Waals surface area contributed by atoms with Gasteiger partial charge in [0, 0.05) is 5.37 Å². The van der Waals surface area contributed by atoms with E-state index in [0.29, 0.717) is 0 Å². The summed E-state index contributed by atoms with van der Waals surface area (Å²) in [6.45, 7) is 7.15. The Kier molecular flexibility index (Phi) is 3.52. The molecule has 0 aromatic heterocycles. The zero-order valence-corrected chi connectivity index (χ0v) is 5.00. The van der Waals surface area contributed by atoms with Gasteiger partial charge in [0.15, 0.2) is 0 Å². The summed E-state index contributed by atoms with van der Waals surface area (Å²) in [6.07, 6.45) is 2.59. The SMILES string of the molecule is C=CCC(=C)C=S. The van der Waals surface area contributed by atoms with Gasteiger partial charge in [-0.2, -0.15) is 0 Å². The molecule has 0 aromatic rings. The molecule has 7 heavy (non-hydrogen) atoms. The van der Waals surface area contributed by atoms with E-state index in [-0.39, 0.29) is 0 Å². The van der Waals surface area contributed by atoms with Gasteiger partial charge < -0.3 is 0 Å². The van der Waals surface area contributed by atoms with Crippen LogP contribution < -0.4 is 0 Å². The highest BCUT2D eigenvalue weighted by Gasteiger charge is 1.77. The first kappa shape index (κ1) is 6.57. The third kappa shape index (κ3) is 3.40. The van der Waals surface area contributed by atoms with E-state index < -0.39 is 0 Å². The van der Waals surface area contributed by atoms with Gasteiger partial charge in [-0.15, -0.1) is 6.58 Å². The first-order valence-electron chi connectivity index (χ1n) is 2.05. The van der Waals surface area contributed by atoms with Crippen LogP contribution in [0.2, 0.25) is 0 Å². The number of allylic oxidation sites excluding steroid dienone is 2. The van der Waals surface area contributed by atoms with Gasteiger partial charge in [-0.3, -0.25) is 0 Å². The second kappa shape index (κ2) is 3.75. The minimum Gasteiger partial charge on any atom is -0.103 e. The highest BCUT2D eigenvalue weighted by molar-refractivity contribution is 7.79. The number of hydrogen-bond acceptors (Lipinski definition) is 1. The van der Waals surface area contributed by atoms with Crippen molar-refractivity contribution in [1.29, 1.82) is 0 Å². The summed E-state index contributed by atoms with van der Waals surface area (Å²) in [5.74, 6) is 0. The van der Waals surface area contributed by atoms with Crippen molar-refractivity contribution in [3.05, 3.63) is 24.8 Å². The first-order chi connectivity index (χ1) is 3.31. The number of hydrogen-bond donors (Lipinski definition) is 0. The van der Waals surface area contributed by atoms with Gasteiger partial charge in [0.05, 0.1) is 0 Å². The fraction of sp³-hybridized carbons (Fsp3) is 0.167. The number of rotatable bonds is 3. The molecule has 0 nitrogen and oxygen atoms in total. The molecule has 0 amide bonds. The molecule has 0 aliphatic rings. The van der Waals surface area contributed by atoms with Gasteiger partial charge >= 0.3 is 0 Å². The van der Waals surface area contributed by atoms with Crippen molar-refractivity contribution < 1.29 is 0 Å². The molecule has 0 radical (unpaired) electrons. The van der Waals surface area contributed by atoms with Gasteiger partial charge in [0.2, 0.25) is 0 Å². The molecule has 0 spiro atoms. The van der Waals surface area contributed by atoms with E-state index in [0.717, 1.165) is 12.0 Å². The smallest absolute Gasteiger partial charge is 0.00428 e. The zero-order valence-electron chi connectivity index (χ0n) is 4.18. The molecule has 0 saturated heterocycles. The lowest BCUT2D eigenvalue weighted by Crippen LogP contribution is -1.72. The minimum atomic E-state index is 0.809. The van der Waals surface area contributed by atoms with Crippen LogP contribution in [0.5, 0.6) is 0 Å². The Hall–Kier alpha value is -0.430. The molecule has 0 saturated carbocycles. The molecule has 0 aliphatic heterocycles. The van der Waals surface area contributed by atoms with Gasteiger partial charge in [0.1, 0.15) is 0 Å². The molecule has 0 aliphatic carbocycles. The second-order valence-electron chi connectivity index (χ2n) is 1.27. The Labute approximate surface area is 49.5 Å². The molecule has 0 N–H and O–H groups in total. The summed E-state index contributed by atoms with van der Waals surface area (Å²) in [5.41, 5.74) is 0.949. The fourth-order valence-electron chi connectivity index (χ4n) is 0.234. The molecule has 0 bridgehead atoms. The largest absolute Gasteiger partial charge is 0.103 e. The minimum absolute atomic E-state index is 0.809. The summed E-state index contributed by atoms with van der Waals surface area (Å²) >= 11 is 4.57. The Bertz CT molecular complexity index is 92.4. The Morgan fingerprint density at radius 2 is 2.29 bits per heavy atom. The molecule has 0 fully saturated rings. The third-order valence-electron chi connectivity index (χ3n) is 0.573. The molecular weight excluding hydrogens is 104 g/mol. The van der Waals surface area contributed by atoms with Crippen LogP contribution in [0.1, 0.15) is 6.42 Å². The quantitative estimate of drug-likeness (QED) is 0.306. The lowest BCUT2D eigenvalue weighted by molar-refractivity contribution is 1.37. The Morgan fingerprint density at radius 3 is 2.43 bits per heavy atom. The van der Waals surface area contributed by atoms with E-state index in [2.05, 4.69) is 25.4 Å².